The van der Waals surface area contributed by atoms with E-state index in [9.17, 15) is 9.90 Å². The molecule has 0 aliphatic carbocycles. The van der Waals surface area contributed by atoms with Gasteiger partial charge in [0.1, 0.15) is 11.6 Å². The number of hydrogen-bond donors (Lipinski definition) is 1. The van der Waals surface area contributed by atoms with Crippen molar-refractivity contribution < 1.29 is 19.4 Å². The van der Waals surface area contributed by atoms with Crippen LogP contribution in [0.1, 0.15) is 32.0 Å². The Hall–Kier alpha value is -3.35. The lowest BCUT2D eigenvalue weighted by molar-refractivity contribution is -0.145. The number of aliphatic carboxylic acids is 1. The summed E-state index contributed by atoms with van der Waals surface area (Å²) >= 11 is 0. The summed E-state index contributed by atoms with van der Waals surface area (Å²) in [4.78, 5) is 22.7. The van der Waals surface area contributed by atoms with Gasteiger partial charge in [-0.05, 0) is 44.0 Å². The number of carbonyl (C=O) groups is 1. The van der Waals surface area contributed by atoms with E-state index in [0.29, 0.717) is 23.7 Å². The predicted molar refractivity (Wildman–Crippen MR) is 117 cm³/mol. The molecule has 0 aliphatic rings. The number of rotatable bonds is 9. The number of methoxy groups -OCH3 is 1. The van der Waals surface area contributed by atoms with Crippen molar-refractivity contribution in [3.63, 3.8) is 0 Å². The van der Waals surface area contributed by atoms with Crippen LogP contribution in [0.15, 0.2) is 42.5 Å². The number of para-hydroxylation sites is 1. The molecular weight excluding hydrogens is 382 g/mol. The second-order valence-corrected chi connectivity index (χ2v) is 7.09. The molecule has 0 bridgehead atoms. The molecule has 1 atom stereocenters. The number of benzene rings is 2. The third-order valence-corrected chi connectivity index (χ3v) is 4.91. The Morgan fingerprint density at radius 1 is 1.17 bits per heavy atom. The van der Waals surface area contributed by atoms with Crippen LogP contribution in [0.5, 0.6) is 11.5 Å². The van der Waals surface area contributed by atoms with E-state index in [1.807, 2.05) is 56.1 Å². The highest BCUT2D eigenvalue weighted by Crippen LogP contribution is 2.36. The van der Waals surface area contributed by atoms with Gasteiger partial charge in [0.05, 0.1) is 12.6 Å². The number of carboxylic acid groups (broad SMARTS) is 1. The van der Waals surface area contributed by atoms with Gasteiger partial charge >= 0.3 is 5.97 Å². The SMILES string of the molecule is CCCCC(Oc1cc(N(C)c2nc(C)nc3ccccc23)ccc1OC)C(=O)O. The Morgan fingerprint density at radius 2 is 1.93 bits per heavy atom. The standard InChI is InChI=1S/C23H27N3O4/c1-5-6-11-20(23(27)28)30-21-14-16(12-13-19(21)29-4)26(3)22-17-9-7-8-10-18(17)24-15(2)25-22/h7-10,12-14,20H,5-6,11H2,1-4H3,(H,27,28). The van der Waals surface area contributed by atoms with Crippen molar-refractivity contribution in [1.29, 1.82) is 0 Å². The molecule has 1 N–H and O–H groups in total. The van der Waals surface area contributed by atoms with Gasteiger partial charge in [0.2, 0.25) is 0 Å². The Kier molecular flexibility index (Phi) is 6.72. The Labute approximate surface area is 176 Å². The maximum atomic E-state index is 11.6. The smallest absolute Gasteiger partial charge is 0.344 e. The van der Waals surface area contributed by atoms with E-state index in [1.165, 1.54) is 7.11 Å². The van der Waals surface area contributed by atoms with E-state index in [2.05, 4.69) is 9.97 Å². The van der Waals surface area contributed by atoms with E-state index >= 15 is 0 Å². The van der Waals surface area contributed by atoms with E-state index < -0.39 is 12.1 Å². The summed E-state index contributed by atoms with van der Waals surface area (Å²) in [6, 6.07) is 13.3. The normalized spacial score (nSPS) is 11.9. The lowest BCUT2D eigenvalue weighted by Crippen LogP contribution is -2.27. The monoisotopic (exact) mass is 409 g/mol. The molecule has 158 valence electrons. The molecular formula is C23H27N3O4. The molecule has 3 aromatic rings. The van der Waals surface area contributed by atoms with Crippen molar-refractivity contribution in [3.8, 4) is 11.5 Å². The lowest BCUT2D eigenvalue weighted by Gasteiger charge is -2.23. The average Bonchev–Trinajstić information content (AvgIpc) is 2.75. The van der Waals surface area contributed by atoms with Crippen LogP contribution in [0.25, 0.3) is 10.9 Å². The Balaban J connectivity index is 1.99. The molecule has 0 fully saturated rings. The first kappa shape index (κ1) is 21.4. The summed E-state index contributed by atoms with van der Waals surface area (Å²) in [5.74, 6) is 1.32. The predicted octanol–water partition coefficient (Wildman–Crippen LogP) is 4.74. The number of ether oxygens (including phenoxy) is 2. The van der Waals surface area contributed by atoms with E-state index in [-0.39, 0.29) is 0 Å². The third-order valence-electron chi connectivity index (χ3n) is 4.91. The molecule has 0 amide bonds. The van der Waals surface area contributed by atoms with E-state index in [4.69, 9.17) is 9.47 Å². The molecule has 1 aromatic heterocycles. The minimum absolute atomic E-state index is 0.389. The highest BCUT2D eigenvalue weighted by molar-refractivity contribution is 5.91. The molecule has 0 spiro atoms. The van der Waals surface area contributed by atoms with Gasteiger partial charge in [-0.3, -0.25) is 0 Å². The lowest BCUT2D eigenvalue weighted by atomic mass is 10.1. The molecule has 7 nitrogen and oxygen atoms in total. The molecule has 0 radical (unpaired) electrons. The van der Waals surface area contributed by atoms with Crippen LogP contribution in [-0.2, 0) is 4.79 Å². The molecule has 0 saturated heterocycles. The minimum Gasteiger partial charge on any atom is -0.493 e. The molecule has 3 rings (SSSR count). The molecule has 1 unspecified atom stereocenters. The van der Waals surface area contributed by atoms with Crippen molar-refractivity contribution in [3.05, 3.63) is 48.3 Å². The number of fused-ring (bicyclic) bond motifs is 1. The highest BCUT2D eigenvalue weighted by atomic mass is 16.5. The molecule has 1 heterocycles. The van der Waals surface area contributed by atoms with Crippen molar-refractivity contribution in [2.24, 2.45) is 0 Å². The number of unbranched alkanes of at least 4 members (excludes halogenated alkanes) is 1. The minimum atomic E-state index is -0.985. The van der Waals surface area contributed by atoms with Crippen molar-refractivity contribution in [2.75, 3.05) is 19.1 Å². The van der Waals surface area contributed by atoms with Gasteiger partial charge in [-0.15, -0.1) is 0 Å². The fourth-order valence-electron chi connectivity index (χ4n) is 3.29. The molecule has 0 saturated carbocycles. The first-order chi connectivity index (χ1) is 14.4. The third kappa shape index (κ3) is 4.62. The van der Waals surface area contributed by atoms with Gasteiger partial charge in [0.25, 0.3) is 0 Å². The van der Waals surface area contributed by atoms with Gasteiger partial charge in [-0.25, -0.2) is 14.8 Å². The fraction of sp³-hybridized carbons (Fsp3) is 0.348. The van der Waals surface area contributed by atoms with Crippen LogP contribution in [0.2, 0.25) is 0 Å². The van der Waals surface area contributed by atoms with Gasteiger partial charge < -0.3 is 19.5 Å². The average molecular weight is 409 g/mol. The highest BCUT2D eigenvalue weighted by Gasteiger charge is 2.22. The summed E-state index contributed by atoms with van der Waals surface area (Å²) in [5, 5.41) is 10.5. The summed E-state index contributed by atoms with van der Waals surface area (Å²) in [7, 11) is 3.44. The second kappa shape index (κ2) is 9.43. The number of anilines is 2. The van der Waals surface area contributed by atoms with Crippen LogP contribution in [0, 0.1) is 6.92 Å². The molecule has 7 heteroatoms. The zero-order valence-electron chi connectivity index (χ0n) is 17.8. The molecule has 0 aliphatic heterocycles. The first-order valence-corrected chi connectivity index (χ1v) is 9.99. The van der Waals surface area contributed by atoms with Crippen LogP contribution >= 0.6 is 0 Å². The number of aromatic nitrogens is 2. The molecule has 30 heavy (non-hydrogen) atoms. The van der Waals surface area contributed by atoms with E-state index in [1.54, 1.807) is 12.1 Å². The number of nitrogens with zero attached hydrogens (tertiary/aromatic N) is 3. The van der Waals surface area contributed by atoms with Crippen molar-refractivity contribution in [1.82, 2.24) is 9.97 Å². The summed E-state index contributed by atoms with van der Waals surface area (Å²) in [5.41, 5.74) is 1.66. The second-order valence-electron chi connectivity index (χ2n) is 7.09. The Morgan fingerprint density at radius 3 is 2.63 bits per heavy atom. The van der Waals surface area contributed by atoms with Crippen molar-refractivity contribution in [2.45, 2.75) is 39.2 Å². The van der Waals surface area contributed by atoms with Gasteiger partial charge in [-0.2, -0.15) is 0 Å². The summed E-state index contributed by atoms with van der Waals surface area (Å²) in [6.45, 7) is 3.88. The van der Waals surface area contributed by atoms with E-state index in [0.717, 1.165) is 35.2 Å². The Bertz CT molecular complexity index is 1040. The van der Waals surface area contributed by atoms with Crippen LogP contribution in [0.4, 0.5) is 11.5 Å². The maximum absolute atomic E-state index is 11.6. The number of aryl methyl sites for hydroxylation is 1. The largest absolute Gasteiger partial charge is 0.493 e. The van der Waals surface area contributed by atoms with Crippen LogP contribution < -0.4 is 14.4 Å². The topological polar surface area (TPSA) is 84.8 Å². The quantitative estimate of drug-likeness (QED) is 0.546. The fourth-order valence-corrected chi connectivity index (χ4v) is 3.29. The van der Waals surface area contributed by atoms with Gasteiger partial charge in [0.15, 0.2) is 17.6 Å². The molecule has 2 aromatic carbocycles. The van der Waals surface area contributed by atoms with Crippen molar-refractivity contribution >= 4 is 28.4 Å². The zero-order valence-corrected chi connectivity index (χ0v) is 17.8. The number of hydrogen-bond acceptors (Lipinski definition) is 6. The zero-order chi connectivity index (χ0) is 21.7. The summed E-state index contributed by atoms with van der Waals surface area (Å²) in [6.07, 6.45) is 1.17. The van der Waals surface area contributed by atoms with Gasteiger partial charge in [-0.1, -0.05) is 25.5 Å². The number of carboxylic acids is 1. The first-order valence-electron chi connectivity index (χ1n) is 9.99. The van der Waals surface area contributed by atoms with Gasteiger partial charge in [0, 0.05) is 24.2 Å². The maximum Gasteiger partial charge on any atom is 0.344 e. The van der Waals surface area contributed by atoms with Crippen LogP contribution in [-0.4, -0.2) is 41.3 Å². The summed E-state index contributed by atoms with van der Waals surface area (Å²) < 4.78 is 11.3. The van der Waals surface area contributed by atoms with Crippen LogP contribution in [0.3, 0.4) is 0 Å².